The van der Waals surface area contributed by atoms with Crippen LogP contribution in [-0.4, -0.2) is 55.7 Å². The fourth-order valence-electron chi connectivity index (χ4n) is 5.58. The fourth-order valence-corrected chi connectivity index (χ4v) is 6.84. The first kappa shape index (κ1) is 39.7. The second kappa shape index (κ2) is 21.4. The maximum absolute atomic E-state index is 12.3. The first-order chi connectivity index (χ1) is 22.5. The molecule has 3 aromatic carbocycles. The lowest BCUT2D eigenvalue weighted by atomic mass is 10.0. The number of hydrogen-bond donors (Lipinski definition) is 2. The SMILES string of the molecule is CCCCCCCCCCCCCCCC[N+](C)(C)Cc1ccccc1.O=C(O)c1ccc(S(=O)(=O)c2ccc(C(=O)O)cc2)cc1. The maximum atomic E-state index is 12.3. The van der Waals surface area contributed by atoms with Crippen LogP contribution < -0.4 is 0 Å². The zero-order valence-electron chi connectivity index (χ0n) is 28.7. The van der Waals surface area contributed by atoms with Crippen LogP contribution >= 0.6 is 0 Å². The molecule has 47 heavy (non-hydrogen) atoms. The molecule has 0 aliphatic carbocycles. The van der Waals surface area contributed by atoms with E-state index in [1.807, 2.05) is 0 Å². The third-order valence-corrected chi connectivity index (χ3v) is 10.2. The Morgan fingerprint density at radius 3 is 1.28 bits per heavy atom. The monoisotopic (exact) mass is 666 g/mol. The van der Waals surface area contributed by atoms with Gasteiger partial charge in [0, 0.05) is 5.56 Å². The molecule has 0 unspecified atom stereocenters. The molecule has 0 spiro atoms. The highest BCUT2D eigenvalue weighted by atomic mass is 32.2. The number of aromatic carboxylic acids is 2. The van der Waals surface area contributed by atoms with Crippen molar-refractivity contribution < 1.29 is 32.7 Å². The van der Waals surface area contributed by atoms with E-state index in [0.29, 0.717) is 0 Å². The molecule has 0 aliphatic rings. The third-order valence-electron chi connectivity index (χ3n) is 8.39. The van der Waals surface area contributed by atoms with Gasteiger partial charge in [0.1, 0.15) is 6.54 Å². The predicted molar refractivity (Wildman–Crippen MR) is 190 cm³/mol. The van der Waals surface area contributed by atoms with Crippen molar-refractivity contribution in [3.8, 4) is 0 Å². The average molecular weight is 667 g/mol. The normalized spacial score (nSPS) is 11.5. The summed E-state index contributed by atoms with van der Waals surface area (Å²) in [6.07, 6.45) is 20.2. The summed E-state index contributed by atoms with van der Waals surface area (Å²) in [6.45, 7) is 4.75. The van der Waals surface area contributed by atoms with E-state index in [0.717, 1.165) is 11.0 Å². The van der Waals surface area contributed by atoms with Gasteiger partial charge >= 0.3 is 11.9 Å². The number of rotatable bonds is 21. The van der Waals surface area contributed by atoms with Gasteiger partial charge in [0.25, 0.3) is 0 Å². The van der Waals surface area contributed by atoms with Gasteiger partial charge in [0.2, 0.25) is 9.84 Å². The van der Waals surface area contributed by atoms with E-state index in [9.17, 15) is 18.0 Å². The lowest BCUT2D eigenvalue weighted by molar-refractivity contribution is -0.903. The van der Waals surface area contributed by atoms with E-state index in [1.54, 1.807) is 0 Å². The molecule has 8 heteroatoms. The lowest BCUT2D eigenvalue weighted by Crippen LogP contribution is -2.39. The topological polar surface area (TPSA) is 109 Å². The van der Waals surface area contributed by atoms with Crippen molar-refractivity contribution in [3.05, 3.63) is 95.6 Å². The van der Waals surface area contributed by atoms with Gasteiger partial charge in [0.05, 0.1) is 41.6 Å². The highest BCUT2D eigenvalue weighted by Gasteiger charge is 2.19. The molecular formula is C39H56NO6S+. The Kier molecular flexibility index (Phi) is 18.1. The van der Waals surface area contributed by atoms with Crippen LogP contribution in [-0.2, 0) is 16.4 Å². The second-order valence-electron chi connectivity index (χ2n) is 13.1. The number of quaternary nitrogens is 1. The Bertz CT molecular complexity index is 1360. The Balaban J connectivity index is 0.000000333. The number of hydrogen-bond acceptors (Lipinski definition) is 4. The molecule has 0 fully saturated rings. The van der Waals surface area contributed by atoms with Gasteiger partial charge in [-0.2, -0.15) is 0 Å². The molecule has 0 aromatic heterocycles. The van der Waals surface area contributed by atoms with Gasteiger partial charge in [-0.05, 0) is 61.4 Å². The molecular weight excluding hydrogens is 610 g/mol. The van der Waals surface area contributed by atoms with Crippen molar-refractivity contribution in [2.45, 2.75) is 113 Å². The molecule has 0 aliphatic heterocycles. The van der Waals surface area contributed by atoms with Crippen LogP contribution in [0.5, 0.6) is 0 Å². The first-order valence-corrected chi connectivity index (χ1v) is 18.7. The average Bonchev–Trinajstić information content (AvgIpc) is 3.05. The van der Waals surface area contributed by atoms with Crippen LogP contribution in [0, 0.1) is 0 Å². The molecule has 258 valence electrons. The van der Waals surface area contributed by atoms with Gasteiger partial charge in [-0.1, -0.05) is 114 Å². The quantitative estimate of drug-likeness (QED) is 0.0866. The smallest absolute Gasteiger partial charge is 0.335 e. The summed E-state index contributed by atoms with van der Waals surface area (Å²) in [5.74, 6) is -2.30. The summed E-state index contributed by atoms with van der Waals surface area (Å²) >= 11 is 0. The highest BCUT2D eigenvalue weighted by Crippen LogP contribution is 2.22. The minimum Gasteiger partial charge on any atom is -0.478 e. The molecule has 0 heterocycles. The van der Waals surface area contributed by atoms with Gasteiger partial charge in [-0.15, -0.1) is 0 Å². The van der Waals surface area contributed by atoms with Crippen molar-refractivity contribution in [1.29, 1.82) is 0 Å². The van der Waals surface area contributed by atoms with Crippen molar-refractivity contribution in [1.82, 2.24) is 0 Å². The lowest BCUT2D eigenvalue weighted by Gasteiger charge is -2.30. The summed E-state index contributed by atoms with van der Waals surface area (Å²) in [6, 6.07) is 20.5. The summed E-state index contributed by atoms with van der Waals surface area (Å²) in [4.78, 5) is 21.3. The number of unbranched alkanes of at least 4 members (excludes halogenated alkanes) is 13. The van der Waals surface area contributed by atoms with Crippen LogP contribution in [0.25, 0.3) is 0 Å². The van der Waals surface area contributed by atoms with Crippen LogP contribution in [0.2, 0.25) is 0 Å². The zero-order chi connectivity index (χ0) is 34.5. The first-order valence-electron chi connectivity index (χ1n) is 17.2. The number of nitrogens with zero attached hydrogens (tertiary/aromatic N) is 1. The highest BCUT2D eigenvalue weighted by molar-refractivity contribution is 7.91. The van der Waals surface area contributed by atoms with Crippen molar-refractivity contribution >= 4 is 21.8 Å². The Morgan fingerprint density at radius 2 is 0.915 bits per heavy atom. The molecule has 3 rings (SSSR count). The van der Waals surface area contributed by atoms with Crippen molar-refractivity contribution in [2.75, 3.05) is 20.6 Å². The van der Waals surface area contributed by atoms with E-state index in [1.165, 1.54) is 151 Å². The van der Waals surface area contributed by atoms with E-state index in [-0.39, 0.29) is 20.9 Å². The third kappa shape index (κ3) is 15.8. The summed E-state index contributed by atoms with van der Waals surface area (Å²) < 4.78 is 25.7. The van der Waals surface area contributed by atoms with E-state index in [2.05, 4.69) is 51.4 Å². The molecule has 0 amide bonds. The van der Waals surface area contributed by atoms with Gasteiger partial charge in [-0.25, -0.2) is 18.0 Å². The van der Waals surface area contributed by atoms with Crippen LogP contribution in [0.1, 0.15) is 123 Å². The molecule has 0 bridgehead atoms. The second-order valence-corrected chi connectivity index (χ2v) is 15.0. The Labute approximate surface area is 283 Å². The maximum Gasteiger partial charge on any atom is 0.335 e. The summed E-state index contributed by atoms with van der Waals surface area (Å²) in [5, 5.41) is 17.5. The molecule has 0 radical (unpaired) electrons. The zero-order valence-corrected chi connectivity index (χ0v) is 29.5. The van der Waals surface area contributed by atoms with Gasteiger partial charge in [0.15, 0.2) is 0 Å². The number of benzene rings is 3. The molecule has 2 N–H and O–H groups in total. The van der Waals surface area contributed by atoms with Crippen LogP contribution in [0.15, 0.2) is 88.7 Å². The van der Waals surface area contributed by atoms with E-state index in [4.69, 9.17) is 10.2 Å². The molecule has 0 atom stereocenters. The van der Waals surface area contributed by atoms with Gasteiger partial charge in [-0.3, -0.25) is 0 Å². The number of carbonyl (C=O) groups is 2. The molecule has 7 nitrogen and oxygen atoms in total. The standard InChI is InChI=1S/C25H46N.C14H10O6S/c1-4-5-6-7-8-9-10-11-12-13-14-15-16-20-23-26(2,3)24-25-21-18-17-19-22-25;15-13(16)9-1-5-11(6-2-9)21(19,20)12-7-3-10(4-8-12)14(17)18/h17-19,21-22H,4-16,20,23-24H2,1-3H3;1-8H,(H,15,16)(H,17,18)/q+1;. The fraction of sp³-hybridized carbons (Fsp3) is 0.487. The van der Waals surface area contributed by atoms with Crippen molar-refractivity contribution in [2.24, 2.45) is 0 Å². The van der Waals surface area contributed by atoms with E-state index < -0.39 is 21.8 Å². The molecule has 0 saturated heterocycles. The Morgan fingerprint density at radius 1 is 0.553 bits per heavy atom. The van der Waals surface area contributed by atoms with Crippen LogP contribution in [0.3, 0.4) is 0 Å². The van der Waals surface area contributed by atoms with Crippen LogP contribution in [0.4, 0.5) is 0 Å². The minimum absolute atomic E-state index is 0.0184. The van der Waals surface area contributed by atoms with Gasteiger partial charge < -0.3 is 14.7 Å². The summed E-state index contributed by atoms with van der Waals surface area (Å²) in [7, 11) is 0.931. The summed E-state index contributed by atoms with van der Waals surface area (Å²) in [5.41, 5.74) is 1.42. The predicted octanol–water partition coefficient (Wildman–Crippen LogP) is 9.66. The number of carboxylic acids is 2. The number of carboxylic acid groups (broad SMARTS) is 2. The minimum atomic E-state index is -3.81. The van der Waals surface area contributed by atoms with E-state index >= 15 is 0 Å². The largest absolute Gasteiger partial charge is 0.478 e. The molecule has 3 aromatic rings. The van der Waals surface area contributed by atoms with Crippen molar-refractivity contribution in [3.63, 3.8) is 0 Å². The molecule has 0 saturated carbocycles. The Hall–Kier alpha value is -3.49. The number of sulfone groups is 1.